The number of para-hydroxylation sites is 1. The van der Waals surface area contributed by atoms with Crippen LogP contribution in [-0.2, 0) is 0 Å². The average Bonchev–Trinajstić information content (AvgIpc) is 3.20. The monoisotopic (exact) mass is 426 g/mol. The van der Waals surface area contributed by atoms with Crippen molar-refractivity contribution in [2.24, 2.45) is 9.98 Å². The summed E-state index contributed by atoms with van der Waals surface area (Å²) in [6.45, 7) is 2.10. The Labute approximate surface area is 161 Å². The van der Waals surface area contributed by atoms with Crippen LogP contribution in [0.3, 0.4) is 0 Å². The van der Waals surface area contributed by atoms with E-state index in [1.165, 1.54) is 5.57 Å². The predicted octanol–water partition coefficient (Wildman–Crippen LogP) is 3.95. The van der Waals surface area contributed by atoms with E-state index in [-0.39, 0.29) is 0 Å². The molecule has 0 saturated carbocycles. The number of anilines is 1. The van der Waals surface area contributed by atoms with Gasteiger partial charge in [-0.3, -0.25) is 0 Å². The normalized spacial score (nSPS) is 20.6. The zero-order chi connectivity index (χ0) is 17.7. The molecule has 2 aromatic rings. The number of rotatable bonds is 2. The molecule has 128 valence electrons. The van der Waals surface area contributed by atoms with Gasteiger partial charge in [0, 0.05) is 0 Å². The summed E-state index contributed by atoms with van der Waals surface area (Å²) in [4.78, 5) is 9.81. The van der Waals surface area contributed by atoms with Crippen LogP contribution in [0.5, 0.6) is 0 Å². The minimum atomic E-state index is -1.62. The maximum atomic E-state index is 6.08. The Balaban J connectivity index is 1.66. The van der Waals surface area contributed by atoms with Gasteiger partial charge in [0.15, 0.2) is 0 Å². The Morgan fingerprint density at radius 2 is 1.65 bits per heavy atom. The summed E-state index contributed by atoms with van der Waals surface area (Å²) in [5.74, 6) is 1.96. The third kappa shape index (κ3) is 2.40. The van der Waals surface area contributed by atoms with Gasteiger partial charge in [-0.15, -0.1) is 0 Å². The molecule has 0 aromatic heterocycles. The number of hydrogen-bond acceptors (Lipinski definition) is 4. The molecule has 0 spiro atoms. The number of halogens is 1. The zero-order valence-electron chi connectivity index (χ0n) is 14.0. The molecule has 0 bridgehead atoms. The Hall–Kier alpha value is -2.46. The Bertz CT molecular complexity index is 1050. The summed E-state index contributed by atoms with van der Waals surface area (Å²) in [5.41, 5.74) is 3.36. The first-order valence-corrected chi connectivity index (χ1v) is 11.0. The van der Waals surface area contributed by atoms with Crippen molar-refractivity contribution in [2.45, 2.75) is 6.92 Å². The first-order chi connectivity index (χ1) is 12.7. The third-order valence-corrected chi connectivity index (χ3v) is 8.59. The van der Waals surface area contributed by atoms with Gasteiger partial charge in [0.1, 0.15) is 0 Å². The average molecular weight is 426 g/mol. The molecule has 2 aromatic carbocycles. The molecule has 26 heavy (non-hydrogen) atoms. The van der Waals surface area contributed by atoms with E-state index in [1.54, 1.807) is 0 Å². The minimum absolute atomic E-state index is 0.725. The number of nitrogens with zero attached hydrogens (tertiary/aromatic N) is 4. The van der Waals surface area contributed by atoms with E-state index < -0.39 is 13.9 Å². The fourth-order valence-electron chi connectivity index (χ4n) is 3.10. The number of amidine groups is 2. The van der Waals surface area contributed by atoms with Crippen molar-refractivity contribution in [3.63, 3.8) is 0 Å². The standard InChI is InChI=1S/C20H15ClN4Se/c1-14-6-5-13-24-18(14)22-20-23-19(15-9-11-16(21)12-10-15)25(26(20)24)17-7-3-2-4-8-17/h2-13H,1H3. The molecule has 5 rings (SSSR count). The van der Waals surface area contributed by atoms with Gasteiger partial charge in [-0.1, -0.05) is 0 Å². The number of allylic oxidation sites excluding steroid dienone is 2. The van der Waals surface area contributed by atoms with Crippen LogP contribution in [0, 0.1) is 0 Å². The summed E-state index contributed by atoms with van der Waals surface area (Å²) in [5, 5.41) is 0.725. The molecule has 0 N–H and O–H groups in total. The maximum absolute atomic E-state index is 6.08. The Morgan fingerprint density at radius 3 is 2.42 bits per heavy atom. The molecule has 0 saturated heterocycles. The van der Waals surface area contributed by atoms with Crippen LogP contribution < -0.4 is 3.92 Å². The first kappa shape index (κ1) is 15.8. The van der Waals surface area contributed by atoms with Crippen LogP contribution >= 0.6 is 11.6 Å². The summed E-state index contributed by atoms with van der Waals surface area (Å²) in [6, 6.07) is 18.3. The fraction of sp³-hybridized carbons (Fsp3) is 0.0500. The van der Waals surface area contributed by atoms with Crippen molar-refractivity contribution in [1.82, 2.24) is 3.92 Å². The van der Waals surface area contributed by atoms with Crippen molar-refractivity contribution in [3.8, 4) is 0 Å². The molecular formula is C20H15ClN4Se. The molecule has 0 amide bonds. The van der Waals surface area contributed by atoms with Gasteiger partial charge >= 0.3 is 161 Å². The number of benzene rings is 2. The van der Waals surface area contributed by atoms with Crippen molar-refractivity contribution < 1.29 is 0 Å². The second-order valence-electron chi connectivity index (χ2n) is 6.07. The molecule has 1 unspecified atom stereocenters. The molecule has 3 aliphatic heterocycles. The van der Waals surface area contributed by atoms with E-state index in [0.29, 0.717) is 0 Å². The van der Waals surface area contributed by atoms with Gasteiger partial charge in [0.25, 0.3) is 0 Å². The van der Waals surface area contributed by atoms with E-state index in [4.69, 9.17) is 21.6 Å². The second-order valence-corrected chi connectivity index (χ2v) is 9.97. The van der Waals surface area contributed by atoms with Crippen LogP contribution in [0.25, 0.3) is 0 Å². The van der Waals surface area contributed by atoms with Crippen LogP contribution in [0.1, 0.15) is 12.5 Å². The summed E-state index contributed by atoms with van der Waals surface area (Å²) < 4.78 is 5.61. The van der Waals surface area contributed by atoms with Crippen molar-refractivity contribution in [3.05, 3.63) is 89.1 Å². The van der Waals surface area contributed by atoms with E-state index in [9.17, 15) is 0 Å². The second kappa shape index (κ2) is 6.06. The van der Waals surface area contributed by atoms with E-state index in [0.717, 1.165) is 32.6 Å². The van der Waals surface area contributed by atoms with Gasteiger partial charge in [-0.05, 0) is 0 Å². The molecule has 0 fully saturated rings. The molecule has 6 heteroatoms. The molecular weight excluding hydrogens is 411 g/mol. The van der Waals surface area contributed by atoms with Crippen LogP contribution in [0.2, 0.25) is 5.02 Å². The summed E-state index contributed by atoms with van der Waals surface area (Å²) >= 11 is 4.46. The van der Waals surface area contributed by atoms with E-state index in [2.05, 4.69) is 57.4 Å². The fourth-order valence-corrected chi connectivity index (χ4v) is 7.46. The SMILES string of the molecule is CC1=CC=CN2C1=NC1=[Se]2N(c2ccccc2)C(c2ccc(Cl)cc2)=N1. The van der Waals surface area contributed by atoms with Crippen molar-refractivity contribution in [2.75, 3.05) is 3.92 Å². The summed E-state index contributed by atoms with van der Waals surface area (Å²) in [6.07, 6.45) is 6.31. The van der Waals surface area contributed by atoms with Gasteiger partial charge < -0.3 is 0 Å². The molecule has 0 radical (unpaired) electrons. The molecule has 3 aliphatic rings. The van der Waals surface area contributed by atoms with Gasteiger partial charge in [-0.25, -0.2) is 0 Å². The Morgan fingerprint density at radius 1 is 0.923 bits per heavy atom. The molecule has 3 heterocycles. The van der Waals surface area contributed by atoms with E-state index in [1.807, 2.05) is 30.3 Å². The molecule has 1 atom stereocenters. The van der Waals surface area contributed by atoms with Crippen molar-refractivity contribution >= 4 is 47.5 Å². The number of fused-ring (bicyclic) bond motifs is 2. The zero-order valence-corrected chi connectivity index (χ0v) is 16.5. The van der Waals surface area contributed by atoms with Crippen LogP contribution in [-0.4, -0.2) is 34.2 Å². The van der Waals surface area contributed by atoms with Crippen LogP contribution in [0.15, 0.2) is 88.5 Å². The third-order valence-electron chi connectivity index (χ3n) is 4.34. The predicted molar refractivity (Wildman–Crippen MR) is 110 cm³/mol. The van der Waals surface area contributed by atoms with Crippen molar-refractivity contribution in [1.29, 1.82) is 0 Å². The van der Waals surface area contributed by atoms with Gasteiger partial charge in [0.05, 0.1) is 0 Å². The van der Waals surface area contributed by atoms with Gasteiger partial charge in [-0.2, -0.15) is 0 Å². The Kier molecular flexibility index (Phi) is 3.68. The number of hydrogen-bond donors (Lipinski definition) is 0. The van der Waals surface area contributed by atoms with Crippen LogP contribution in [0.4, 0.5) is 5.69 Å². The molecule has 4 nitrogen and oxygen atoms in total. The first-order valence-electron chi connectivity index (χ1n) is 8.27. The topological polar surface area (TPSA) is 31.2 Å². The number of aliphatic imine (C=N–C) groups is 2. The molecule has 0 aliphatic carbocycles. The van der Waals surface area contributed by atoms with Gasteiger partial charge in [0.2, 0.25) is 0 Å². The summed E-state index contributed by atoms with van der Waals surface area (Å²) in [7, 11) is 0. The van der Waals surface area contributed by atoms with E-state index >= 15 is 0 Å². The quantitative estimate of drug-likeness (QED) is 0.682.